The molecule has 0 saturated carbocycles. The van der Waals surface area contributed by atoms with Crippen molar-refractivity contribution in [2.75, 3.05) is 32.8 Å². The molecule has 2 aromatic carbocycles. The second kappa shape index (κ2) is 12.0. The molecule has 0 unspecified atom stereocenters. The van der Waals surface area contributed by atoms with E-state index in [0.29, 0.717) is 19.8 Å². The van der Waals surface area contributed by atoms with E-state index >= 15 is 0 Å². The highest BCUT2D eigenvalue weighted by Gasteiger charge is 2.11. The summed E-state index contributed by atoms with van der Waals surface area (Å²) in [6.45, 7) is 8.26. The molecule has 148 valence electrons. The van der Waals surface area contributed by atoms with Gasteiger partial charge >= 0.3 is 0 Å². The summed E-state index contributed by atoms with van der Waals surface area (Å²) in [4.78, 5) is 0. The van der Waals surface area contributed by atoms with Crippen molar-refractivity contribution >= 4 is 15.9 Å². The molecule has 0 aliphatic rings. The molecule has 0 fully saturated rings. The van der Waals surface area contributed by atoms with Crippen molar-refractivity contribution in [2.45, 2.75) is 27.0 Å². The Hall–Kier alpha value is -1.60. The fraction of sp³-hybridized carbons (Fsp3) is 0.429. The monoisotopic (exact) mass is 436 g/mol. The van der Waals surface area contributed by atoms with Gasteiger partial charge in [0, 0.05) is 30.7 Å². The lowest BCUT2D eigenvalue weighted by Crippen LogP contribution is -2.28. The number of benzene rings is 2. The molecule has 0 atom stereocenters. The van der Waals surface area contributed by atoms with Crippen molar-refractivity contribution in [1.82, 2.24) is 10.6 Å². The Balaban J connectivity index is 1.98. The topological polar surface area (TPSA) is 62.8 Å². The maximum absolute atomic E-state index is 8.76. The molecule has 0 amide bonds. The van der Waals surface area contributed by atoms with E-state index in [2.05, 4.69) is 57.8 Å². The van der Waals surface area contributed by atoms with Gasteiger partial charge in [-0.25, -0.2) is 0 Å². The number of aliphatic hydroxyl groups is 1. The molecule has 0 radical (unpaired) electrons. The van der Waals surface area contributed by atoms with Crippen LogP contribution in [0, 0.1) is 6.92 Å². The highest BCUT2D eigenvalue weighted by molar-refractivity contribution is 9.10. The second-order valence-electron chi connectivity index (χ2n) is 6.25. The average Bonchev–Trinajstić information content (AvgIpc) is 2.67. The first-order valence-corrected chi connectivity index (χ1v) is 10.1. The van der Waals surface area contributed by atoms with Gasteiger partial charge < -0.3 is 25.2 Å². The normalized spacial score (nSPS) is 10.8. The summed E-state index contributed by atoms with van der Waals surface area (Å²) in [5.74, 6) is 1.49. The Labute approximate surface area is 170 Å². The first kappa shape index (κ1) is 21.7. The Morgan fingerprint density at radius 1 is 0.963 bits per heavy atom. The molecular formula is C21H29BrN2O3. The Kier molecular flexibility index (Phi) is 9.62. The minimum atomic E-state index is 0.160. The molecule has 0 heterocycles. The van der Waals surface area contributed by atoms with Gasteiger partial charge in [-0.3, -0.25) is 0 Å². The predicted molar refractivity (Wildman–Crippen MR) is 112 cm³/mol. The van der Waals surface area contributed by atoms with Crippen molar-refractivity contribution in [2.24, 2.45) is 0 Å². The fourth-order valence-corrected chi connectivity index (χ4v) is 3.01. The number of rotatable bonds is 12. The second-order valence-corrected chi connectivity index (χ2v) is 7.10. The molecule has 0 aliphatic heterocycles. The summed E-state index contributed by atoms with van der Waals surface area (Å²) in [5.41, 5.74) is 3.48. The molecule has 6 heteroatoms. The van der Waals surface area contributed by atoms with Gasteiger partial charge in [0.15, 0.2) is 11.5 Å². The zero-order valence-corrected chi connectivity index (χ0v) is 17.6. The Bertz CT molecular complexity index is 693. The molecule has 0 aliphatic carbocycles. The third-order valence-electron chi connectivity index (χ3n) is 4.01. The van der Waals surface area contributed by atoms with Gasteiger partial charge in [0.1, 0.15) is 6.61 Å². The molecule has 5 nitrogen and oxygen atoms in total. The van der Waals surface area contributed by atoms with Crippen LogP contribution in [0.3, 0.4) is 0 Å². The first-order valence-electron chi connectivity index (χ1n) is 9.30. The third kappa shape index (κ3) is 7.50. The van der Waals surface area contributed by atoms with E-state index < -0.39 is 0 Å². The Morgan fingerprint density at radius 3 is 2.37 bits per heavy atom. The SMILES string of the molecule is CCOc1cc(CNCCNCCO)c(Br)cc1OCc1ccc(C)cc1. The number of hydrogen-bond donors (Lipinski definition) is 3. The maximum Gasteiger partial charge on any atom is 0.162 e. The molecule has 0 spiro atoms. The van der Waals surface area contributed by atoms with Crippen LogP contribution in [0.1, 0.15) is 23.6 Å². The smallest absolute Gasteiger partial charge is 0.162 e. The quantitative estimate of drug-likeness (QED) is 0.445. The van der Waals surface area contributed by atoms with Crippen LogP contribution in [0.5, 0.6) is 11.5 Å². The van der Waals surface area contributed by atoms with Gasteiger partial charge in [0.05, 0.1) is 13.2 Å². The number of hydrogen-bond acceptors (Lipinski definition) is 5. The van der Waals surface area contributed by atoms with Gasteiger partial charge in [0.2, 0.25) is 0 Å². The van der Waals surface area contributed by atoms with E-state index in [1.807, 2.05) is 19.1 Å². The molecule has 2 aromatic rings. The average molecular weight is 437 g/mol. The third-order valence-corrected chi connectivity index (χ3v) is 4.75. The molecule has 0 bridgehead atoms. The van der Waals surface area contributed by atoms with Crippen molar-refractivity contribution < 1.29 is 14.6 Å². The van der Waals surface area contributed by atoms with Crippen LogP contribution in [0.4, 0.5) is 0 Å². The van der Waals surface area contributed by atoms with Crippen LogP contribution >= 0.6 is 15.9 Å². The lowest BCUT2D eigenvalue weighted by molar-refractivity contribution is 0.269. The number of ether oxygens (including phenoxy) is 2. The van der Waals surface area contributed by atoms with Crippen molar-refractivity contribution in [3.05, 3.63) is 57.6 Å². The Morgan fingerprint density at radius 2 is 1.67 bits per heavy atom. The van der Waals surface area contributed by atoms with E-state index in [-0.39, 0.29) is 6.61 Å². The van der Waals surface area contributed by atoms with Crippen LogP contribution in [0.2, 0.25) is 0 Å². The zero-order chi connectivity index (χ0) is 19.5. The minimum absolute atomic E-state index is 0.160. The highest BCUT2D eigenvalue weighted by atomic mass is 79.9. The number of nitrogens with one attached hydrogen (secondary N) is 2. The highest BCUT2D eigenvalue weighted by Crippen LogP contribution is 2.34. The molecule has 2 rings (SSSR count). The van der Waals surface area contributed by atoms with Crippen LogP contribution in [0.15, 0.2) is 40.9 Å². The van der Waals surface area contributed by atoms with Crippen molar-refractivity contribution in [3.8, 4) is 11.5 Å². The standard InChI is InChI=1S/C21H29BrN2O3/c1-3-26-20-12-18(14-24-9-8-23-10-11-25)19(22)13-21(20)27-15-17-6-4-16(2)5-7-17/h4-7,12-13,23-25H,3,8-11,14-15H2,1-2H3. The molecule has 3 N–H and O–H groups in total. The maximum atomic E-state index is 8.76. The summed E-state index contributed by atoms with van der Waals surface area (Å²) in [5, 5.41) is 15.3. The van der Waals surface area contributed by atoms with Gasteiger partial charge in [0.25, 0.3) is 0 Å². The van der Waals surface area contributed by atoms with Crippen molar-refractivity contribution in [1.29, 1.82) is 0 Å². The number of aryl methyl sites for hydroxylation is 1. The van der Waals surface area contributed by atoms with Crippen LogP contribution in [-0.4, -0.2) is 38.0 Å². The van der Waals surface area contributed by atoms with E-state index in [1.54, 1.807) is 0 Å². The van der Waals surface area contributed by atoms with E-state index in [1.165, 1.54) is 5.56 Å². The summed E-state index contributed by atoms with van der Waals surface area (Å²) in [6, 6.07) is 12.3. The lowest BCUT2D eigenvalue weighted by Gasteiger charge is -2.16. The number of halogens is 1. The molecule has 0 aromatic heterocycles. The minimum Gasteiger partial charge on any atom is -0.490 e. The van der Waals surface area contributed by atoms with Crippen LogP contribution < -0.4 is 20.1 Å². The summed E-state index contributed by atoms with van der Waals surface area (Å²) in [7, 11) is 0. The first-order chi connectivity index (χ1) is 13.1. The zero-order valence-electron chi connectivity index (χ0n) is 16.1. The molecular weight excluding hydrogens is 408 g/mol. The summed E-state index contributed by atoms with van der Waals surface area (Å²) in [6.07, 6.45) is 0. The van der Waals surface area contributed by atoms with Crippen LogP contribution in [-0.2, 0) is 13.2 Å². The lowest BCUT2D eigenvalue weighted by atomic mass is 10.1. The largest absolute Gasteiger partial charge is 0.490 e. The molecule has 0 saturated heterocycles. The van der Waals surface area contributed by atoms with Gasteiger partial charge in [-0.2, -0.15) is 0 Å². The van der Waals surface area contributed by atoms with Crippen LogP contribution in [0.25, 0.3) is 0 Å². The van der Waals surface area contributed by atoms with Gasteiger partial charge in [-0.15, -0.1) is 0 Å². The predicted octanol–water partition coefficient (Wildman–Crippen LogP) is 3.41. The van der Waals surface area contributed by atoms with Gasteiger partial charge in [-0.05, 0) is 37.1 Å². The fourth-order valence-electron chi connectivity index (χ4n) is 2.54. The molecule has 27 heavy (non-hydrogen) atoms. The number of aliphatic hydroxyl groups excluding tert-OH is 1. The van der Waals surface area contributed by atoms with Crippen molar-refractivity contribution in [3.63, 3.8) is 0 Å². The van der Waals surface area contributed by atoms with E-state index in [9.17, 15) is 0 Å². The van der Waals surface area contributed by atoms with Gasteiger partial charge in [-0.1, -0.05) is 45.8 Å². The summed E-state index contributed by atoms with van der Waals surface area (Å²) >= 11 is 3.64. The van der Waals surface area contributed by atoms with E-state index in [0.717, 1.165) is 46.7 Å². The van der Waals surface area contributed by atoms with E-state index in [4.69, 9.17) is 14.6 Å². The summed E-state index contributed by atoms with van der Waals surface area (Å²) < 4.78 is 12.8.